The number of nitrogens with one attached hydrogen (secondary N) is 1. The topological polar surface area (TPSA) is 50.2 Å². The number of carbonyl (C=O) groups is 1. The number of aromatic nitrogens is 2. The van der Waals surface area contributed by atoms with Crippen LogP contribution < -0.4 is 5.32 Å². The highest BCUT2D eigenvalue weighted by Gasteiger charge is 2.18. The number of amides is 1. The second-order valence-corrected chi connectivity index (χ2v) is 7.11. The van der Waals surface area contributed by atoms with Crippen molar-refractivity contribution in [2.24, 2.45) is 0 Å². The summed E-state index contributed by atoms with van der Waals surface area (Å²) in [6.45, 7) is 3.48. The van der Waals surface area contributed by atoms with Crippen molar-refractivity contribution in [1.29, 1.82) is 0 Å². The lowest BCUT2D eigenvalue weighted by Crippen LogP contribution is -2.34. The molecule has 2 heterocycles. The van der Waals surface area contributed by atoms with E-state index in [1.807, 2.05) is 0 Å². The number of hydrogen-bond acceptors (Lipinski definition) is 3. The number of nitrogens with zero attached hydrogens (tertiary/aromatic N) is 3. The maximum atomic E-state index is 13.3. The van der Waals surface area contributed by atoms with Gasteiger partial charge in [0, 0.05) is 18.7 Å². The normalized spacial score (nSPS) is 14.3. The van der Waals surface area contributed by atoms with Gasteiger partial charge in [0.1, 0.15) is 17.3 Å². The van der Waals surface area contributed by atoms with Gasteiger partial charge in [0.25, 0.3) is 5.91 Å². The lowest BCUT2D eigenvalue weighted by Gasteiger charge is -2.15. The van der Waals surface area contributed by atoms with Crippen molar-refractivity contribution in [3.8, 4) is 16.9 Å². The Morgan fingerprint density at radius 3 is 2.24 bits per heavy atom. The summed E-state index contributed by atoms with van der Waals surface area (Å²) in [4.78, 5) is 15.2. The third-order valence-corrected chi connectivity index (χ3v) is 5.07. The Hall–Kier alpha value is -3.06. The van der Waals surface area contributed by atoms with E-state index in [1.165, 1.54) is 41.8 Å². The molecule has 150 valence electrons. The van der Waals surface area contributed by atoms with Crippen molar-refractivity contribution in [1.82, 2.24) is 20.0 Å². The van der Waals surface area contributed by atoms with Crippen LogP contribution in [0.4, 0.5) is 8.78 Å². The zero-order chi connectivity index (χ0) is 20.2. The van der Waals surface area contributed by atoms with E-state index in [-0.39, 0.29) is 17.5 Å². The fourth-order valence-corrected chi connectivity index (χ4v) is 3.51. The Balaban J connectivity index is 1.60. The molecule has 29 heavy (non-hydrogen) atoms. The van der Waals surface area contributed by atoms with Crippen LogP contribution >= 0.6 is 0 Å². The first-order valence-corrected chi connectivity index (χ1v) is 9.73. The Morgan fingerprint density at radius 2 is 1.59 bits per heavy atom. The Kier molecular flexibility index (Phi) is 5.67. The van der Waals surface area contributed by atoms with E-state index < -0.39 is 0 Å². The fraction of sp³-hybridized carbons (Fsp3) is 0.273. The lowest BCUT2D eigenvalue weighted by atomic mass is 10.1. The Labute approximate surface area is 168 Å². The first kappa shape index (κ1) is 19.3. The van der Waals surface area contributed by atoms with Gasteiger partial charge < -0.3 is 10.2 Å². The molecule has 0 bridgehead atoms. The summed E-state index contributed by atoms with van der Waals surface area (Å²) >= 11 is 0. The van der Waals surface area contributed by atoms with Gasteiger partial charge in [-0.1, -0.05) is 0 Å². The van der Waals surface area contributed by atoms with Gasteiger partial charge in [-0.25, -0.2) is 13.5 Å². The number of rotatable bonds is 6. The molecule has 0 aliphatic carbocycles. The molecule has 1 aromatic heterocycles. The van der Waals surface area contributed by atoms with Crippen LogP contribution in [0.1, 0.15) is 23.3 Å². The predicted octanol–water partition coefficient (Wildman–Crippen LogP) is 3.64. The SMILES string of the molecule is O=C(NCCN1CCCC1)c1cc(-c2ccc(F)cc2)nn1-c1ccc(F)cc1. The van der Waals surface area contributed by atoms with Gasteiger partial charge in [0.05, 0.1) is 11.4 Å². The number of carbonyl (C=O) groups excluding carboxylic acids is 1. The van der Waals surface area contributed by atoms with Crippen molar-refractivity contribution in [2.75, 3.05) is 26.2 Å². The summed E-state index contributed by atoms with van der Waals surface area (Å²) in [7, 11) is 0. The average Bonchev–Trinajstić information content (AvgIpc) is 3.39. The number of halogens is 2. The van der Waals surface area contributed by atoms with E-state index in [1.54, 1.807) is 30.3 Å². The van der Waals surface area contributed by atoms with Crippen LogP contribution in [0.2, 0.25) is 0 Å². The molecule has 1 aliphatic heterocycles. The minimum atomic E-state index is -0.365. The Morgan fingerprint density at radius 1 is 0.966 bits per heavy atom. The van der Waals surface area contributed by atoms with Crippen LogP contribution in [0.5, 0.6) is 0 Å². The molecule has 0 unspecified atom stereocenters. The molecule has 1 saturated heterocycles. The van der Waals surface area contributed by atoms with Gasteiger partial charge in [-0.05, 0) is 80.5 Å². The zero-order valence-electron chi connectivity index (χ0n) is 15.9. The molecule has 0 spiro atoms. The molecule has 5 nitrogen and oxygen atoms in total. The minimum Gasteiger partial charge on any atom is -0.349 e. The lowest BCUT2D eigenvalue weighted by molar-refractivity contribution is 0.0942. The third-order valence-electron chi connectivity index (χ3n) is 5.07. The summed E-state index contributed by atoms with van der Waals surface area (Å²) in [5.74, 6) is -0.961. The maximum Gasteiger partial charge on any atom is 0.270 e. The van der Waals surface area contributed by atoms with E-state index in [0.717, 1.165) is 19.6 Å². The molecule has 4 rings (SSSR count). The quantitative estimate of drug-likeness (QED) is 0.692. The number of hydrogen-bond donors (Lipinski definition) is 1. The van der Waals surface area contributed by atoms with Gasteiger partial charge in [0.2, 0.25) is 0 Å². The molecule has 0 saturated carbocycles. The third kappa shape index (κ3) is 4.51. The van der Waals surface area contributed by atoms with E-state index in [4.69, 9.17) is 0 Å². The summed E-state index contributed by atoms with van der Waals surface area (Å²) in [6, 6.07) is 13.4. The van der Waals surface area contributed by atoms with Gasteiger partial charge in [-0.3, -0.25) is 4.79 Å². The molecule has 2 aromatic carbocycles. The first-order valence-electron chi connectivity index (χ1n) is 9.73. The van der Waals surface area contributed by atoms with Gasteiger partial charge in [-0.15, -0.1) is 0 Å². The van der Waals surface area contributed by atoms with Crippen molar-refractivity contribution >= 4 is 5.91 Å². The molecule has 7 heteroatoms. The monoisotopic (exact) mass is 396 g/mol. The highest BCUT2D eigenvalue weighted by atomic mass is 19.1. The molecule has 3 aromatic rings. The summed E-state index contributed by atoms with van der Waals surface area (Å²) < 4.78 is 28.1. The highest BCUT2D eigenvalue weighted by Crippen LogP contribution is 2.22. The maximum absolute atomic E-state index is 13.3. The van der Waals surface area contributed by atoms with E-state index in [0.29, 0.717) is 29.2 Å². The van der Waals surface area contributed by atoms with E-state index >= 15 is 0 Å². The van der Waals surface area contributed by atoms with Gasteiger partial charge >= 0.3 is 0 Å². The molecular weight excluding hydrogens is 374 g/mol. The highest BCUT2D eigenvalue weighted by molar-refractivity contribution is 5.94. The van der Waals surface area contributed by atoms with Gasteiger partial charge in [-0.2, -0.15) is 5.10 Å². The number of benzene rings is 2. The van der Waals surface area contributed by atoms with Crippen molar-refractivity contribution < 1.29 is 13.6 Å². The van der Waals surface area contributed by atoms with Crippen molar-refractivity contribution in [3.63, 3.8) is 0 Å². The average molecular weight is 396 g/mol. The van der Waals surface area contributed by atoms with Gasteiger partial charge in [0.15, 0.2) is 0 Å². The molecule has 1 fully saturated rings. The zero-order valence-corrected chi connectivity index (χ0v) is 15.9. The Bertz CT molecular complexity index is 977. The van der Waals surface area contributed by atoms with E-state index in [9.17, 15) is 13.6 Å². The van der Waals surface area contributed by atoms with Crippen LogP contribution in [0.3, 0.4) is 0 Å². The van der Waals surface area contributed by atoms with Crippen LogP contribution in [0.25, 0.3) is 16.9 Å². The van der Waals surface area contributed by atoms with E-state index in [2.05, 4.69) is 15.3 Å². The summed E-state index contributed by atoms with van der Waals surface area (Å²) in [5, 5.41) is 7.46. The largest absolute Gasteiger partial charge is 0.349 e. The smallest absolute Gasteiger partial charge is 0.270 e. The second kappa shape index (κ2) is 8.53. The first-order chi connectivity index (χ1) is 14.1. The van der Waals surface area contributed by atoms with Crippen LogP contribution in [-0.4, -0.2) is 46.8 Å². The summed E-state index contributed by atoms with van der Waals surface area (Å²) in [5.41, 5.74) is 2.15. The van der Waals surface area contributed by atoms with Crippen molar-refractivity contribution in [3.05, 3.63) is 71.9 Å². The standard InChI is InChI=1S/C22H22F2N4O/c23-17-5-3-16(4-6-17)20-15-21(22(29)25-11-14-27-12-1-2-13-27)28(26-20)19-9-7-18(24)8-10-19/h3-10,15H,1-2,11-14H2,(H,25,29). The predicted molar refractivity (Wildman–Crippen MR) is 107 cm³/mol. The second-order valence-electron chi connectivity index (χ2n) is 7.11. The van der Waals surface area contributed by atoms with Crippen LogP contribution in [0, 0.1) is 11.6 Å². The molecule has 0 atom stereocenters. The number of likely N-dealkylation sites (tertiary alicyclic amines) is 1. The molecule has 1 amide bonds. The fourth-order valence-electron chi connectivity index (χ4n) is 3.51. The van der Waals surface area contributed by atoms with Crippen LogP contribution in [-0.2, 0) is 0 Å². The molecular formula is C22H22F2N4O. The molecule has 1 aliphatic rings. The molecule has 1 N–H and O–H groups in total. The summed E-state index contributed by atoms with van der Waals surface area (Å²) in [6.07, 6.45) is 2.40. The molecule has 0 radical (unpaired) electrons. The van der Waals surface area contributed by atoms with Crippen LogP contribution in [0.15, 0.2) is 54.6 Å². The van der Waals surface area contributed by atoms with Crippen molar-refractivity contribution in [2.45, 2.75) is 12.8 Å². The minimum absolute atomic E-state index is 0.255.